The number of hydrogen-bond acceptors (Lipinski definition) is 6. The third kappa shape index (κ3) is 3.99. The lowest BCUT2D eigenvalue weighted by Crippen LogP contribution is -2.37. The van der Waals surface area contributed by atoms with Crippen LogP contribution in [-0.2, 0) is 11.3 Å². The summed E-state index contributed by atoms with van der Waals surface area (Å²) in [6.45, 7) is 7.01. The van der Waals surface area contributed by atoms with E-state index >= 15 is 0 Å². The smallest absolute Gasteiger partial charge is 0.264 e. The Kier molecular flexibility index (Phi) is 5.66. The van der Waals surface area contributed by atoms with Crippen molar-refractivity contribution in [3.63, 3.8) is 0 Å². The van der Waals surface area contributed by atoms with Gasteiger partial charge in [-0.25, -0.2) is 0 Å². The second kappa shape index (κ2) is 7.48. The van der Waals surface area contributed by atoms with Crippen LogP contribution in [0.25, 0.3) is 0 Å². The van der Waals surface area contributed by atoms with E-state index in [4.69, 9.17) is 17.0 Å². The maximum atomic E-state index is 11.8. The van der Waals surface area contributed by atoms with Crippen molar-refractivity contribution in [3.8, 4) is 5.88 Å². The normalized spacial score (nSPS) is 16.6. The van der Waals surface area contributed by atoms with Crippen LogP contribution in [0.5, 0.6) is 5.88 Å². The number of H-pyrrole nitrogens is 1. The summed E-state index contributed by atoms with van der Waals surface area (Å²) in [6.07, 6.45) is 1.41. The highest BCUT2D eigenvalue weighted by Crippen LogP contribution is 2.10. The summed E-state index contributed by atoms with van der Waals surface area (Å²) in [6, 6.07) is 0. The molecule has 0 aromatic carbocycles. The Hall–Kier alpha value is -1.51. The Morgan fingerprint density at radius 2 is 2.19 bits per heavy atom. The molecule has 0 saturated carbocycles. The topological polar surface area (TPSA) is 82.8 Å². The molecule has 2 rings (SSSR count). The average molecular weight is 312 g/mol. The highest BCUT2D eigenvalue weighted by atomic mass is 32.1. The van der Waals surface area contributed by atoms with Gasteiger partial charge in [0.2, 0.25) is 5.88 Å². The van der Waals surface area contributed by atoms with Gasteiger partial charge >= 0.3 is 0 Å². The SMILES string of the molecule is CCn1c(O)c(C=NCCN2CCOCC2)c(=O)[nH]c1=S. The van der Waals surface area contributed by atoms with Crippen LogP contribution in [-0.4, -0.2) is 65.2 Å². The molecular weight excluding hydrogens is 292 g/mol. The fourth-order valence-corrected chi connectivity index (χ4v) is 2.47. The number of aliphatic imine (C=N–C) groups is 1. The largest absolute Gasteiger partial charge is 0.494 e. The van der Waals surface area contributed by atoms with E-state index in [2.05, 4.69) is 14.9 Å². The van der Waals surface area contributed by atoms with Crippen molar-refractivity contribution >= 4 is 18.4 Å². The van der Waals surface area contributed by atoms with Gasteiger partial charge in [0, 0.05) is 32.4 Å². The minimum atomic E-state index is -0.419. The zero-order valence-corrected chi connectivity index (χ0v) is 12.9. The van der Waals surface area contributed by atoms with Crippen LogP contribution in [0, 0.1) is 4.77 Å². The molecule has 0 aliphatic carbocycles. The number of aromatic amines is 1. The van der Waals surface area contributed by atoms with Gasteiger partial charge in [0.1, 0.15) is 5.56 Å². The third-order valence-corrected chi connectivity index (χ3v) is 3.71. The number of aromatic nitrogens is 2. The summed E-state index contributed by atoms with van der Waals surface area (Å²) in [4.78, 5) is 20.8. The fourth-order valence-electron chi connectivity index (χ4n) is 2.16. The van der Waals surface area contributed by atoms with Gasteiger partial charge < -0.3 is 9.84 Å². The lowest BCUT2D eigenvalue weighted by atomic mass is 10.3. The molecule has 0 radical (unpaired) electrons. The van der Waals surface area contributed by atoms with Gasteiger partial charge in [-0.15, -0.1) is 0 Å². The molecule has 0 spiro atoms. The third-order valence-electron chi connectivity index (χ3n) is 3.39. The van der Waals surface area contributed by atoms with E-state index in [9.17, 15) is 9.90 Å². The molecule has 21 heavy (non-hydrogen) atoms. The van der Waals surface area contributed by atoms with Gasteiger partial charge in [-0.1, -0.05) is 0 Å². The predicted octanol–water partition coefficient (Wildman–Crippen LogP) is 0.382. The van der Waals surface area contributed by atoms with Gasteiger partial charge in [-0.05, 0) is 19.1 Å². The van der Waals surface area contributed by atoms with Crippen molar-refractivity contribution in [2.24, 2.45) is 4.99 Å². The van der Waals surface area contributed by atoms with Gasteiger partial charge in [-0.2, -0.15) is 0 Å². The van der Waals surface area contributed by atoms with Gasteiger partial charge in [0.15, 0.2) is 4.77 Å². The minimum Gasteiger partial charge on any atom is -0.494 e. The van der Waals surface area contributed by atoms with Crippen molar-refractivity contribution in [1.29, 1.82) is 0 Å². The van der Waals surface area contributed by atoms with Crippen LogP contribution < -0.4 is 5.56 Å². The molecule has 2 N–H and O–H groups in total. The number of nitrogens with zero attached hydrogens (tertiary/aromatic N) is 3. The first-order valence-corrected chi connectivity index (χ1v) is 7.40. The molecule has 0 bridgehead atoms. The van der Waals surface area contributed by atoms with E-state index in [0.717, 1.165) is 32.8 Å². The summed E-state index contributed by atoms with van der Waals surface area (Å²) in [7, 11) is 0. The number of rotatable bonds is 5. The molecule has 1 fully saturated rings. The second-order valence-electron chi connectivity index (χ2n) is 4.73. The summed E-state index contributed by atoms with van der Waals surface area (Å²) in [5, 5.41) is 10.1. The van der Waals surface area contributed by atoms with Gasteiger partial charge in [-0.3, -0.25) is 24.2 Å². The van der Waals surface area contributed by atoms with Crippen LogP contribution in [0.3, 0.4) is 0 Å². The molecule has 7 nitrogen and oxygen atoms in total. The molecule has 8 heteroatoms. The van der Waals surface area contributed by atoms with Crippen LogP contribution in [0.1, 0.15) is 12.5 Å². The number of ether oxygens (including phenoxy) is 1. The average Bonchev–Trinajstić information content (AvgIpc) is 2.47. The van der Waals surface area contributed by atoms with E-state index < -0.39 is 5.56 Å². The molecule has 116 valence electrons. The maximum Gasteiger partial charge on any atom is 0.264 e. The fraction of sp³-hybridized carbons (Fsp3) is 0.615. The lowest BCUT2D eigenvalue weighted by molar-refractivity contribution is 0.0395. The summed E-state index contributed by atoms with van der Waals surface area (Å²) >= 11 is 4.99. The first kappa shape index (κ1) is 15.9. The van der Waals surface area contributed by atoms with Crippen LogP contribution in [0.4, 0.5) is 0 Å². The van der Waals surface area contributed by atoms with E-state index in [-0.39, 0.29) is 16.2 Å². The van der Waals surface area contributed by atoms with Crippen molar-refractivity contribution in [2.75, 3.05) is 39.4 Å². The first-order chi connectivity index (χ1) is 10.1. The Bertz CT molecular complexity index is 617. The van der Waals surface area contributed by atoms with Crippen LogP contribution in [0.2, 0.25) is 0 Å². The van der Waals surface area contributed by atoms with Crippen LogP contribution in [0.15, 0.2) is 9.79 Å². The Balaban J connectivity index is 2.03. The second-order valence-corrected chi connectivity index (χ2v) is 5.12. The summed E-state index contributed by atoms with van der Waals surface area (Å²) in [5.74, 6) is -0.138. The van der Waals surface area contributed by atoms with E-state index in [1.54, 1.807) is 0 Å². The first-order valence-electron chi connectivity index (χ1n) is 6.99. The van der Waals surface area contributed by atoms with Crippen LogP contribution >= 0.6 is 12.2 Å². The van der Waals surface area contributed by atoms with Crippen molar-refractivity contribution < 1.29 is 9.84 Å². The Labute approximate surface area is 127 Å². The van der Waals surface area contributed by atoms with E-state index in [1.165, 1.54) is 10.8 Å². The standard InChI is InChI=1S/C13H20N4O3S/c1-2-17-12(19)10(11(18)15-13(17)21)9-14-3-4-16-5-7-20-8-6-16/h9,19H,2-8H2,1H3,(H,15,18,21). The molecule has 1 aliphatic rings. The maximum absolute atomic E-state index is 11.8. The minimum absolute atomic E-state index is 0.138. The Morgan fingerprint density at radius 3 is 2.86 bits per heavy atom. The zero-order valence-electron chi connectivity index (χ0n) is 12.0. The lowest BCUT2D eigenvalue weighted by Gasteiger charge is -2.25. The number of morpholine rings is 1. The van der Waals surface area contributed by atoms with Crippen molar-refractivity contribution in [2.45, 2.75) is 13.5 Å². The highest BCUT2D eigenvalue weighted by Gasteiger charge is 2.10. The molecular formula is C13H20N4O3S. The number of aromatic hydroxyl groups is 1. The van der Waals surface area contributed by atoms with Crippen molar-refractivity contribution in [3.05, 3.63) is 20.7 Å². The molecule has 0 amide bonds. The molecule has 0 atom stereocenters. The Morgan fingerprint density at radius 1 is 1.48 bits per heavy atom. The number of nitrogens with one attached hydrogen (secondary N) is 1. The van der Waals surface area contributed by atoms with Gasteiger partial charge in [0.05, 0.1) is 19.8 Å². The van der Waals surface area contributed by atoms with Crippen molar-refractivity contribution in [1.82, 2.24) is 14.5 Å². The number of hydrogen-bond donors (Lipinski definition) is 2. The van der Waals surface area contributed by atoms with E-state index in [0.29, 0.717) is 13.1 Å². The predicted molar refractivity (Wildman–Crippen MR) is 82.9 cm³/mol. The summed E-state index contributed by atoms with van der Waals surface area (Å²) < 4.78 is 6.94. The summed E-state index contributed by atoms with van der Waals surface area (Å²) in [5.41, 5.74) is -0.273. The molecule has 0 unspecified atom stereocenters. The quantitative estimate of drug-likeness (QED) is 0.607. The molecule has 2 heterocycles. The monoisotopic (exact) mass is 312 g/mol. The molecule has 1 aliphatic heterocycles. The zero-order chi connectivity index (χ0) is 15.2. The molecule has 1 saturated heterocycles. The molecule has 1 aromatic rings. The highest BCUT2D eigenvalue weighted by molar-refractivity contribution is 7.71. The molecule has 1 aromatic heterocycles. The van der Waals surface area contributed by atoms with Gasteiger partial charge in [0.25, 0.3) is 5.56 Å². The van der Waals surface area contributed by atoms with E-state index in [1.807, 2.05) is 6.92 Å².